The van der Waals surface area contributed by atoms with Crippen LogP contribution in [-0.4, -0.2) is 77.2 Å². The van der Waals surface area contributed by atoms with E-state index in [0.29, 0.717) is 31.4 Å². The summed E-state index contributed by atoms with van der Waals surface area (Å²) in [5.74, 6) is -2.31. The van der Waals surface area contributed by atoms with Crippen LogP contribution in [-0.2, 0) is 20.8 Å². The predicted molar refractivity (Wildman–Crippen MR) is 151 cm³/mol. The molecule has 11 nitrogen and oxygen atoms in total. The Morgan fingerprint density at radius 3 is 2.52 bits per heavy atom. The predicted octanol–water partition coefficient (Wildman–Crippen LogP) is 1.25. The average molecular weight is 619 g/mol. The third kappa shape index (κ3) is 8.83. The van der Waals surface area contributed by atoms with Gasteiger partial charge >= 0.3 is 0 Å². The molecule has 1 aliphatic rings. The molecule has 3 rings (SSSR count). The first-order chi connectivity index (χ1) is 19.2. The normalized spacial score (nSPS) is 16.1. The number of ketones is 1. The molecule has 40 heavy (non-hydrogen) atoms. The second-order valence-electron chi connectivity index (χ2n) is 9.40. The zero-order chi connectivity index (χ0) is 29.1. The van der Waals surface area contributed by atoms with Crippen molar-refractivity contribution in [2.75, 3.05) is 19.8 Å². The van der Waals surface area contributed by atoms with Crippen LogP contribution in [0.5, 0.6) is 0 Å². The fourth-order valence-electron chi connectivity index (χ4n) is 4.48. The lowest BCUT2D eigenvalue weighted by atomic mass is 10.0. The number of aromatic nitrogens is 1. The minimum Gasteiger partial charge on any atom is -0.370 e. The van der Waals surface area contributed by atoms with Gasteiger partial charge in [0.2, 0.25) is 11.8 Å². The Hall–Kier alpha value is -3.87. The van der Waals surface area contributed by atoms with Crippen LogP contribution in [0.2, 0.25) is 0 Å². The standard InChI is InChI=1S/C27H33BrFN7O4/c28-19-9-7-18(8-10-19)24(38)35-21(14-17-4-1-11-32-16-17)26(40)36-13-3-6-22(36)25(39)34-20(23(37)15-29)5-2-12-33-27(30)31/h1,4,7-11,16,20-22H,2-3,5-6,12-15H2,(H,34,39)(H,35,38)(H4,30,31,33)/t20-,21-,22-/m0/s1. The Morgan fingerprint density at radius 2 is 1.88 bits per heavy atom. The lowest BCUT2D eigenvalue weighted by Crippen LogP contribution is -2.56. The van der Waals surface area contributed by atoms with Gasteiger partial charge in [-0.1, -0.05) is 22.0 Å². The number of nitrogens with zero attached hydrogens (tertiary/aromatic N) is 3. The number of nitrogens with two attached hydrogens (primary N) is 2. The van der Waals surface area contributed by atoms with Crippen LogP contribution in [0.15, 0.2) is 58.3 Å². The van der Waals surface area contributed by atoms with Gasteiger partial charge in [-0.15, -0.1) is 0 Å². The summed E-state index contributed by atoms with van der Waals surface area (Å²) >= 11 is 3.34. The van der Waals surface area contributed by atoms with Gasteiger partial charge in [-0.3, -0.25) is 29.2 Å². The molecule has 1 aromatic heterocycles. The van der Waals surface area contributed by atoms with Crippen molar-refractivity contribution in [1.82, 2.24) is 20.5 Å². The largest absolute Gasteiger partial charge is 0.370 e. The van der Waals surface area contributed by atoms with Crippen molar-refractivity contribution in [2.24, 2.45) is 16.5 Å². The zero-order valence-electron chi connectivity index (χ0n) is 21.9. The summed E-state index contributed by atoms with van der Waals surface area (Å²) in [7, 11) is 0. The highest BCUT2D eigenvalue weighted by Gasteiger charge is 2.39. The molecule has 6 N–H and O–H groups in total. The van der Waals surface area contributed by atoms with Gasteiger partial charge in [0.15, 0.2) is 11.7 Å². The minimum atomic E-state index is -1.24. The van der Waals surface area contributed by atoms with E-state index in [1.54, 1.807) is 48.8 Å². The Kier molecular flexibility index (Phi) is 11.5. The molecule has 3 amide bonds. The fourth-order valence-corrected chi connectivity index (χ4v) is 4.74. The summed E-state index contributed by atoms with van der Waals surface area (Å²) in [6, 6.07) is 7.31. The first-order valence-electron chi connectivity index (χ1n) is 12.9. The number of carbonyl (C=O) groups excluding carboxylic acids is 4. The number of benzene rings is 1. The van der Waals surface area contributed by atoms with Crippen molar-refractivity contribution in [2.45, 2.75) is 50.2 Å². The van der Waals surface area contributed by atoms with Crippen LogP contribution in [0.25, 0.3) is 0 Å². The van der Waals surface area contributed by atoms with Gasteiger partial charge in [0.25, 0.3) is 5.91 Å². The summed E-state index contributed by atoms with van der Waals surface area (Å²) in [5.41, 5.74) is 11.7. The molecule has 0 spiro atoms. The monoisotopic (exact) mass is 617 g/mol. The highest BCUT2D eigenvalue weighted by Crippen LogP contribution is 2.21. The Morgan fingerprint density at radius 1 is 1.12 bits per heavy atom. The maximum Gasteiger partial charge on any atom is 0.251 e. The molecule has 0 unspecified atom stereocenters. The first kappa shape index (κ1) is 30.7. The molecule has 0 radical (unpaired) electrons. The van der Waals surface area contributed by atoms with E-state index in [1.165, 1.54) is 4.90 Å². The maximum absolute atomic E-state index is 13.8. The summed E-state index contributed by atoms with van der Waals surface area (Å²) in [6.45, 7) is -0.729. The van der Waals surface area contributed by atoms with Crippen molar-refractivity contribution in [1.29, 1.82) is 0 Å². The van der Waals surface area contributed by atoms with Gasteiger partial charge < -0.3 is 27.0 Å². The summed E-state index contributed by atoms with van der Waals surface area (Å²) < 4.78 is 14.0. The molecule has 1 saturated heterocycles. The second-order valence-corrected chi connectivity index (χ2v) is 10.3. The smallest absolute Gasteiger partial charge is 0.251 e. The molecule has 2 aromatic rings. The summed E-state index contributed by atoms with van der Waals surface area (Å²) in [5, 5.41) is 5.42. The van der Waals surface area contributed by atoms with Crippen LogP contribution in [0.4, 0.5) is 4.39 Å². The van der Waals surface area contributed by atoms with Crippen molar-refractivity contribution in [3.63, 3.8) is 0 Å². The molecule has 0 aliphatic carbocycles. The van der Waals surface area contributed by atoms with Crippen molar-refractivity contribution < 1.29 is 23.6 Å². The number of carbonyl (C=O) groups is 4. The maximum atomic E-state index is 13.8. The van der Waals surface area contributed by atoms with Gasteiger partial charge in [0.05, 0.1) is 6.04 Å². The number of amides is 3. The van der Waals surface area contributed by atoms with Gasteiger partial charge in [0, 0.05) is 41.9 Å². The number of guanidine groups is 1. The van der Waals surface area contributed by atoms with Gasteiger partial charge in [0.1, 0.15) is 18.8 Å². The van der Waals surface area contributed by atoms with Crippen molar-refractivity contribution in [3.8, 4) is 0 Å². The van der Waals surface area contributed by atoms with Crippen LogP contribution >= 0.6 is 15.9 Å². The number of halogens is 2. The van der Waals surface area contributed by atoms with Crippen molar-refractivity contribution in [3.05, 3.63) is 64.4 Å². The summed E-state index contributed by atoms with van der Waals surface area (Å²) in [6.07, 6.45) is 4.77. The number of likely N-dealkylation sites (tertiary alicyclic amines) is 1. The molecule has 2 heterocycles. The van der Waals surface area contributed by atoms with Crippen LogP contribution in [0.3, 0.4) is 0 Å². The highest BCUT2D eigenvalue weighted by atomic mass is 79.9. The van der Waals surface area contributed by atoms with E-state index in [4.69, 9.17) is 11.5 Å². The number of nitrogens with one attached hydrogen (secondary N) is 2. The van der Waals surface area contributed by atoms with Crippen LogP contribution in [0, 0.1) is 0 Å². The van der Waals surface area contributed by atoms with Crippen LogP contribution in [0.1, 0.15) is 41.6 Å². The van der Waals surface area contributed by atoms with Gasteiger partial charge in [-0.2, -0.15) is 0 Å². The van der Waals surface area contributed by atoms with Crippen molar-refractivity contribution >= 4 is 45.4 Å². The van der Waals surface area contributed by atoms with Gasteiger partial charge in [-0.25, -0.2) is 4.39 Å². The van der Waals surface area contributed by atoms with E-state index in [1.807, 2.05) is 0 Å². The highest BCUT2D eigenvalue weighted by molar-refractivity contribution is 9.10. The average Bonchev–Trinajstić information content (AvgIpc) is 3.44. The molecular formula is C27H33BrFN7O4. The molecule has 0 saturated carbocycles. The lowest BCUT2D eigenvalue weighted by molar-refractivity contribution is -0.140. The molecule has 0 bridgehead atoms. The number of rotatable bonds is 13. The van der Waals surface area contributed by atoms with Gasteiger partial charge in [-0.05, 0) is 61.6 Å². The number of pyridine rings is 1. The van der Waals surface area contributed by atoms with E-state index in [0.717, 1.165) is 10.0 Å². The van der Waals surface area contributed by atoms with E-state index in [2.05, 4.69) is 36.5 Å². The van der Waals surface area contributed by atoms with Crippen LogP contribution < -0.4 is 22.1 Å². The van der Waals surface area contributed by atoms with E-state index < -0.39 is 48.3 Å². The molecule has 214 valence electrons. The lowest BCUT2D eigenvalue weighted by Gasteiger charge is -2.30. The number of hydrogen-bond acceptors (Lipinski definition) is 6. The zero-order valence-corrected chi connectivity index (χ0v) is 23.5. The quantitative estimate of drug-likeness (QED) is 0.149. The van der Waals surface area contributed by atoms with E-state index in [-0.39, 0.29) is 25.3 Å². The molecule has 13 heteroatoms. The molecule has 1 fully saturated rings. The molecule has 1 aromatic carbocycles. The first-order valence-corrected chi connectivity index (χ1v) is 13.7. The number of aliphatic imine (C=N–C) groups is 1. The minimum absolute atomic E-state index is 0.106. The Balaban J connectivity index is 1.75. The van der Waals surface area contributed by atoms with E-state index in [9.17, 15) is 23.6 Å². The summed E-state index contributed by atoms with van der Waals surface area (Å²) in [4.78, 5) is 61.6. The molecule has 1 aliphatic heterocycles. The third-order valence-corrected chi connectivity index (χ3v) is 7.02. The number of hydrogen-bond donors (Lipinski definition) is 4. The fraction of sp³-hybridized carbons (Fsp3) is 0.407. The second kappa shape index (κ2) is 15.1. The SMILES string of the molecule is NC(N)=NCCC[C@H](NC(=O)[C@@H]1CCCN1C(=O)[C@H](Cc1cccnc1)NC(=O)c1ccc(Br)cc1)C(=O)CF. The third-order valence-electron chi connectivity index (χ3n) is 6.49. The molecular weight excluding hydrogens is 585 g/mol. The Bertz CT molecular complexity index is 1210. The Labute approximate surface area is 240 Å². The molecule has 3 atom stereocenters. The van der Waals surface area contributed by atoms with E-state index >= 15 is 0 Å². The number of alkyl halides is 1. The topological polar surface area (TPSA) is 173 Å². The number of Topliss-reactive ketones (excluding diaryl/α,β-unsaturated/α-hetero) is 1.